The quantitative estimate of drug-likeness (QED) is 0.346. The summed E-state index contributed by atoms with van der Waals surface area (Å²) in [4.78, 5) is 0. The van der Waals surface area contributed by atoms with E-state index < -0.39 is 0 Å². The Morgan fingerprint density at radius 3 is 1.90 bits per heavy atom. The first-order valence-electron chi connectivity index (χ1n) is 3.43. The highest BCUT2D eigenvalue weighted by atomic mass is 79.9. The minimum atomic E-state index is 0. The summed E-state index contributed by atoms with van der Waals surface area (Å²) >= 11 is 3.41. The molecule has 0 fully saturated rings. The van der Waals surface area contributed by atoms with Gasteiger partial charge in [0.25, 0.3) is 0 Å². The van der Waals surface area contributed by atoms with Crippen molar-refractivity contribution in [3.05, 3.63) is 0 Å². The Morgan fingerprint density at radius 1 is 1.10 bits per heavy atom. The molecule has 0 amide bonds. The van der Waals surface area contributed by atoms with Crippen LogP contribution in [0.4, 0.5) is 0 Å². The lowest BCUT2D eigenvalue weighted by Crippen LogP contribution is -3.00. The molecule has 0 spiro atoms. The predicted octanol–water partition coefficient (Wildman–Crippen LogP) is -1.13. The van der Waals surface area contributed by atoms with Crippen LogP contribution < -0.4 is 17.0 Å². The van der Waals surface area contributed by atoms with Crippen molar-refractivity contribution in [3.63, 3.8) is 0 Å². The molecule has 0 aromatic rings. The van der Waals surface area contributed by atoms with Gasteiger partial charge < -0.3 is 21.5 Å². The van der Waals surface area contributed by atoms with Crippen molar-refractivity contribution in [3.8, 4) is 0 Å². The van der Waals surface area contributed by atoms with Crippen LogP contribution in [-0.4, -0.2) is 37.5 Å². The monoisotopic (exact) mass is 273 g/mol. The van der Waals surface area contributed by atoms with Gasteiger partial charge in [-0.15, -0.1) is 0 Å². The van der Waals surface area contributed by atoms with Gasteiger partial charge in [0.05, 0.1) is 27.7 Å². The van der Waals surface area contributed by atoms with Crippen LogP contribution in [0.1, 0.15) is 12.8 Å². The maximum Gasteiger partial charge on any atom is 0.0780 e. The maximum atomic E-state index is 3.41. The molecule has 0 rings (SSSR count). The van der Waals surface area contributed by atoms with Crippen molar-refractivity contribution in [2.45, 2.75) is 12.8 Å². The standard InChI is InChI=1S/C7H17BrN.BrH/c1-9(2,3)7-5-4-6-8;/h4-7H2,1-3H3;1H/q+1;/p-1. The lowest BCUT2D eigenvalue weighted by atomic mass is 10.3. The summed E-state index contributed by atoms with van der Waals surface area (Å²) in [6, 6.07) is 0. The third-order valence-electron chi connectivity index (χ3n) is 1.21. The average Bonchev–Trinajstić information content (AvgIpc) is 1.63. The number of hydrogen-bond donors (Lipinski definition) is 0. The van der Waals surface area contributed by atoms with E-state index in [4.69, 9.17) is 0 Å². The fraction of sp³-hybridized carbons (Fsp3) is 1.00. The normalized spacial score (nSPS) is 10.8. The van der Waals surface area contributed by atoms with Crippen molar-refractivity contribution >= 4 is 15.9 Å². The van der Waals surface area contributed by atoms with Gasteiger partial charge in [-0.25, -0.2) is 0 Å². The van der Waals surface area contributed by atoms with Gasteiger partial charge in [0.2, 0.25) is 0 Å². The van der Waals surface area contributed by atoms with Crippen LogP contribution in [0.3, 0.4) is 0 Å². The zero-order valence-corrected chi connectivity index (χ0v) is 10.2. The first kappa shape index (κ1) is 13.5. The van der Waals surface area contributed by atoms with Crippen LogP contribution >= 0.6 is 15.9 Å². The molecule has 0 bridgehead atoms. The van der Waals surface area contributed by atoms with Gasteiger partial charge in [-0.3, -0.25) is 0 Å². The molecule has 0 N–H and O–H groups in total. The third kappa shape index (κ3) is 11.7. The number of rotatable bonds is 4. The van der Waals surface area contributed by atoms with E-state index in [0.29, 0.717) is 0 Å². The van der Waals surface area contributed by atoms with Crippen molar-refractivity contribution in [2.75, 3.05) is 33.0 Å². The van der Waals surface area contributed by atoms with E-state index in [2.05, 4.69) is 37.1 Å². The molecule has 64 valence electrons. The van der Waals surface area contributed by atoms with Crippen molar-refractivity contribution in [1.82, 2.24) is 0 Å². The molecule has 0 saturated heterocycles. The van der Waals surface area contributed by atoms with E-state index in [0.717, 1.165) is 9.81 Å². The molecule has 0 aliphatic rings. The van der Waals surface area contributed by atoms with Crippen LogP contribution in [0.5, 0.6) is 0 Å². The minimum absolute atomic E-state index is 0. The van der Waals surface area contributed by atoms with Gasteiger partial charge in [-0.1, -0.05) is 15.9 Å². The fourth-order valence-corrected chi connectivity index (χ4v) is 1.08. The van der Waals surface area contributed by atoms with Gasteiger partial charge in [0, 0.05) is 5.33 Å². The first-order chi connectivity index (χ1) is 4.06. The van der Waals surface area contributed by atoms with Gasteiger partial charge >= 0.3 is 0 Å². The van der Waals surface area contributed by atoms with Crippen LogP contribution in [0.2, 0.25) is 0 Å². The maximum absolute atomic E-state index is 3.41. The van der Waals surface area contributed by atoms with E-state index in [9.17, 15) is 0 Å². The molecule has 0 aliphatic heterocycles. The number of nitrogens with zero attached hydrogens (tertiary/aromatic N) is 1. The molecule has 10 heavy (non-hydrogen) atoms. The van der Waals surface area contributed by atoms with E-state index in [1.807, 2.05) is 0 Å². The molecule has 0 aromatic heterocycles. The topological polar surface area (TPSA) is 0 Å². The molecule has 0 aromatic carbocycles. The van der Waals surface area contributed by atoms with Gasteiger partial charge in [-0.2, -0.15) is 0 Å². The molecular formula is C7H17Br2N. The zero-order valence-electron chi connectivity index (χ0n) is 7.03. The molecule has 3 heteroatoms. The van der Waals surface area contributed by atoms with E-state index in [1.54, 1.807) is 0 Å². The summed E-state index contributed by atoms with van der Waals surface area (Å²) in [5.74, 6) is 0. The van der Waals surface area contributed by atoms with Gasteiger partial charge in [0.1, 0.15) is 0 Å². The van der Waals surface area contributed by atoms with Crippen LogP contribution in [0.25, 0.3) is 0 Å². The number of hydrogen-bond acceptors (Lipinski definition) is 0. The van der Waals surface area contributed by atoms with E-state index in [-0.39, 0.29) is 17.0 Å². The summed E-state index contributed by atoms with van der Waals surface area (Å²) in [6.07, 6.45) is 2.63. The largest absolute Gasteiger partial charge is 1.00 e. The number of unbranched alkanes of at least 4 members (excludes halogenated alkanes) is 1. The first-order valence-corrected chi connectivity index (χ1v) is 4.55. The molecule has 0 aliphatic carbocycles. The van der Waals surface area contributed by atoms with Gasteiger partial charge in [0.15, 0.2) is 0 Å². The van der Waals surface area contributed by atoms with Crippen molar-refractivity contribution < 1.29 is 21.5 Å². The lowest BCUT2D eigenvalue weighted by molar-refractivity contribution is -0.870. The molecule has 0 heterocycles. The Labute approximate surface area is 83.3 Å². The Hall–Kier alpha value is 0.920. The molecule has 1 nitrogen and oxygen atoms in total. The molecule has 0 saturated carbocycles. The number of alkyl halides is 1. The predicted molar refractivity (Wildman–Crippen MR) is 45.9 cm³/mol. The summed E-state index contributed by atoms with van der Waals surface area (Å²) < 4.78 is 1.09. The highest BCUT2D eigenvalue weighted by Crippen LogP contribution is 1.98. The summed E-state index contributed by atoms with van der Waals surface area (Å²) in [5, 5.41) is 1.15. The second-order valence-corrected chi connectivity index (χ2v) is 4.20. The Kier molecular flexibility index (Phi) is 8.94. The SMILES string of the molecule is C[N+](C)(C)CCCCBr.[Br-]. The lowest BCUT2D eigenvalue weighted by Gasteiger charge is -2.23. The number of halogens is 2. The van der Waals surface area contributed by atoms with Crippen LogP contribution in [0.15, 0.2) is 0 Å². The highest BCUT2D eigenvalue weighted by Gasteiger charge is 2.03. The van der Waals surface area contributed by atoms with Crippen LogP contribution in [0, 0.1) is 0 Å². The van der Waals surface area contributed by atoms with Crippen molar-refractivity contribution in [1.29, 1.82) is 0 Å². The third-order valence-corrected chi connectivity index (χ3v) is 1.77. The molecule has 0 radical (unpaired) electrons. The molecule has 0 unspecified atom stereocenters. The summed E-state index contributed by atoms with van der Waals surface area (Å²) in [5.41, 5.74) is 0. The van der Waals surface area contributed by atoms with E-state index >= 15 is 0 Å². The summed E-state index contributed by atoms with van der Waals surface area (Å²) in [6.45, 7) is 1.28. The Morgan fingerprint density at radius 2 is 1.60 bits per heavy atom. The minimum Gasteiger partial charge on any atom is -1.00 e. The number of quaternary nitrogens is 1. The fourth-order valence-electron chi connectivity index (χ4n) is 0.681. The zero-order chi connectivity index (χ0) is 7.33. The second kappa shape index (κ2) is 6.62. The van der Waals surface area contributed by atoms with E-state index in [1.165, 1.54) is 19.4 Å². The summed E-state index contributed by atoms with van der Waals surface area (Å²) in [7, 11) is 6.69. The molecular weight excluding hydrogens is 258 g/mol. The molecule has 0 atom stereocenters. The highest BCUT2D eigenvalue weighted by molar-refractivity contribution is 9.09. The van der Waals surface area contributed by atoms with Crippen molar-refractivity contribution in [2.24, 2.45) is 0 Å². The Bertz CT molecular complexity index is 68.5. The smallest absolute Gasteiger partial charge is 0.0780 e. The van der Waals surface area contributed by atoms with Gasteiger partial charge in [-0.05, 0) is 12.8 Å². The average molecular weight is 275 g/mol. The Balaban J connectivity index is 0. The second-order valence-electron chi connectivity index (χ2n) is 3.41. The van der Waals surface area contributed by atoms with Crippen LogP contribution in [-0.2, 0) is 0 Å².